The van der Waals surface area contributed by atoms with Gasteiger partial charge in [0.05, 0.1) is 32.3 Å². The quantitative estimate of drug-likeness (QED) is 0.165. The molecule has 7 N–H and O–H groups in total. The van der Waals surface area contributed by atoms with Crippen molar-refractivity contribution in [1.82, 2.24) is 0 Å². The highest BCUT2D eigenvalue weighted by molar-refractivity contribution is 6.07. The molecule has 0 bridgehead atoms. The first-order chi connectivity index (χ1) is 19.4. The Hall–Kier alpha value is -3.05. The van der Waals surface area contributed by atoms with E-state index < -0.39 is 79.7 Å². The summed E-state index contributed by atoms with van der Waals surface area (Å²) in [6.45, 7) is 1.53. The maximum Gasteiger partial charge on any atom is 0.229 e. The van der Waals surface area contributed by atoms with Crippen molar-refractivity contribution in [3.05, 3.63) is 39.7 Å². The molecule has 41 heavy (non-hydrogen) atoms. The van der Waals surface area contributed by atoms with Gasteiger partial charge < -0.3 is 63.8 Å². The summed E-state index contributed by atoms with van der Waals surface area (Å²) in [5.74, 6) is 0.193. The van der Waals surface area contributed by atoms with E-state index in [-0.39, 0.29) is 22.1 Å². The molecule has 2 saturated heterocycles. The van der Waals surface area contributed by atoms with Crippen LogP contribution in [0.1, 0.15) is 11.3 Å². The van der Waals surface area contributed by atoms with Crippen LogP contribution in [0.4, 0.5) is 0 Å². The molecule has 3 heterocycles. The number of aliphatic hydroxyl groups is 6. The second-order valence-corrected chi connectivity index (χ2v) is 10.3. The molecule has 0 spiro atoms. The van der Waals surface area contributed by atoms with E-state index in [1.165, 1.54) is 19.2 Å². The summed E-state index contributed by atoms with van der Waals surface area (Å²) in [7, 11) is 1.42. The Morgan fingerprint density at radius 1 is 1.02 bits per heavy atom. The first-order valence-corrected chi connectivity index (χ1v) is 12.8. The molecule has 8 atom stereocenters. The van der Waals surface area contributed by atoms with Gasteiger partial charge in [0.25, 0.3) is 0 Å². The fraction of sp³-hybridized carbons (Fsp3) is 0.519. The van der Waals surface area contributed by atoms with E-state index in [4.69, 9.17) is 28.1 Å². The zero-order valence-electron chi connectivity index (χ0n) is 22.4. The highest BCUT2D eigenvalue weighted by Crippen LogP contribution is 2.45. The first kappa shape index (κ1) is 29.4. The van der Waals surface area contributed by atoms with Crippen LogP contribution in [0.2, 0.25) is 0 Å². The van der Waals surface area contributed by atoms with Gasteiger partial charge in [0.2, 0.25) is 6.29 Å². The van der Waals surface area contributed by atoms with Crippen molar-refractivity contribution in [1.29, 1.82) is 0 Å². The normalized spacial score (nSPS) is 32.1. The van der Waals surface area contributed by atoms with Crippen LogP contribution in [0, 0.1) is 13.8 Å². The average molecular weight is 581 g/mol. The van der Waals surface area contributed by atoms with Crippen LogP contribution in [0.3, 0.4) is 0 Å². The second-order valence-electron chi connectivity index (χ2n) is 10.3. The fourth-order valence-electron chi connectivity index (χ4n) is 5.10. The van der Waals surface area contributed by atoms with Gasteiger partial charge in [-0.3, -0.25) is 4.79 Å². The van der Waals surface area contributed by atoms with Gasteiger partial charge in [0.15, 0.2) is 11.7 Å². The minimum Gasteiger partial charge on any atom is -0.506 e. The zero-order valence-corrected chi connectivity index (χ0v) is 22.4. The van der Waals surface area contributed by atoms with Gasteiger partial charge in [-0.1, -0.05) is 0 Å². The standard InChI is InChI=1S/C27H32O14/c1-10-4-13(29)18-15(39-10)6-12-5-14(36-3)11(2)23(17(12)20(18)31)41-25-22(33)21(32)19(30)16(40-25)7-37-26-24(34)27(35,8-28)9-38-26/h4-6,16,19,21-22,24-26,28,30-35H,7-9H2,1-3H3/t16-,19+,21+,22-,24+,25-,26+,27+/m0/s1. The first-order valence-electron chi connectivity index (χ1n) is 12.8. The summed E-state index contributed by atoms with van der Waals surface area (Å²) in [6, 6.07) is 4.36. The molecule has 0 unspecified atom stereocenters. The highest BCUT2D eigenvalue weighted by Gasteiger charge is 2.50. The minimum absolute atomic E-state index is 0.0337. The maximum atomic E-state index is 12.7. The largest absolute Gasteiger partial charge is 0.506 e. The molecule has 0 saturated carbocycles. The van der Waals surface area contributed by atoms with Gasteiger partial charge in [-0.25, -0.2) is 0 Å². The number of methoxy groups -OCH3 is 1. The van der Waals surface area contributed by atoms with E-state index in [0.717, 1.165) is 0 Å². The van der Waals surface area contributed by atoms with Crippen LogP contribution in [0.5, 0.6) is 17.2 Å². The molecule has 0 amide bonds. The third-order valence-corrected chi connectivity index (χ3v) is 7.50. The topological polar surface area (TPSA) is 218 Å². The van der Waals surface area contributed by atoms with Crippen molar-refractivity contribution in [3.8, 4) is 17.2 Å². The Morgan fingerprint density at radius 3 is 2.41 bits per heavy atom. The van der Waals surface area contributed by atoms with Crippen LogP contribution in [-0.4, -0.2) is 111 Å². The van der Waals surface area contributed by atoms with Crippen molar-refractivity contribution in [2.24, 2.45) is 0 Å². The Balaban J connectivity index is 1.49. The molecule has 14 heteroatoms. The molecule has 2 fully saturated rings. The Kier molecular flexibility index (Phi) is 7.88. The molecular weight excluding hydrogens is 548 g/mol. The summed E-state index contributed by atoms with van der Waals surface area (Å²) in [5.41, 5.74) is -1.94. The number of rotatable bonds is 7. The lowest BCUT2D eigenvalue weighted by molar-refractivity contribution is -0.289. The van der Waals surface area contributed by atoms with E-state index in [1.807, 2.05) is 0 Å². The molecule has 2 aliphatic rings. The number of fused-ring (bicyclic) bond motifs is 2. The third-order valence-electron chi connectivity index (χ3n) is 7.50. The van der Waals surface area contributed by atoms with Crippen molar-refractivity contribution in [2.45, 2.75) is 62.5 Å². The number of aliphatic hydroxyl groups excluding tert-OH is 5. The second kappa shape index (κ2) is 11.0. The lowest BCUT2D eigenvalue weighted by Gasteiger charge is -2.40. The van der Waals surface area contributed by atoms with E-state index in [2.05, 4.69) is 0 Å². The molecular formula is C27H32O14. The van der Waals surface area contributed by atoms with E-state index >= 15 is 0 Å². The van der Waals surface area contributed by atoms with Crippen molar-refractivity contribution < 1.29 is 63.8 Å². The molecule has 0 radical (unpaired) electrons. The molecule has 14 nitrogen and oxygen atoms in total. The van der Waals surface area contributed by atoms with E-state index in [0.29, 0.717) is 22.5 Å². The molecule has 2 aliphatic heterocycles. The Labute approximate surface area is 232 Å². The lowest BCUT2D eigenvalue weighted by atomic mass is 9.98. The lowest BCUT2D eigenvalue weighted by Crippen LogP contribution is -2.60. The smallest absolute Gasteiger partial charge is 0.229 e. The molecule has 5 rings (SSSR count). The van der Waals surface area contributed by atoms with Gasteiger partial charge in [-0.05, 0) is 31.4 Å². The Bertz CT molecular complexity index is 1500. The number of hydrogen-bond acceptors (Lipinski definition) is 14. The molecule has 0 aliphatic carbocycles. The van der Waals surface area contributed by atoms with Gasteiger partial charge in [-0.15, -0.1) is 0 Å². The number of hydrogen-bond donors (Lipinski definition) is 7. The minimum atomic E-state index is -1.94. The SMILES string of the molecule is COc1cc2cc3oc(C)cc(=O)c3c(O)c2c(O[C@@H]2O[C@@H](CO[C@@H]3OC[C@](O)(CO)[C@@H]3O)[C@@H](O)[C@@H](O)[C@@H]2O)c1C. The summed E-state index contributed by atoms with van der Waals surface area (Å²) < 4.78 is 33.5. The summed E-state index contributed by atoms with van der Waals surface area (Å²) in [6.07, 6.45) is -11.1. The summed E-state index contributed by atoms with van der Waals surface area (Å²) >= 11 is 0. The number of aromatic hydroxyl groups is 1. The van der Waals surface area contributed by atoms with E-state index in [9.17, 15) is 40.5 Å². The maximum absolute atomic E-state index is 12.7. The summed E-state index contributed by atoms with van der Waals surface area (Å²) in [5, 5.41) is 73.1. The van der Waals surface area contributed by atoms with E-state index in [1.54, 1.807) is 19.9 Å². The van der Waals surface area contributed by atoms with Crippen molar-refractivity contribution in [3.63, 3.8) is 0 Å². The van der Waals surface area contributed by atoms with Gasteiger partial charge in [-0.2, -0.15) is 0 Å². The van der Waals surface area contributed by atoms with Crippen molar-refractivity contribution >= 4 is 21.7 Å². The number of aryl methyl sites for hydroxylation is 1. The third kappa shape index (κ3) is 5.01. The molecule has 224 valence electrons. The molecule has 3 aromatic rings. The van der Waals surface area contributed by atoms with Crippen LogP contribution >= 0.6 is 0 Å². The number of phenolic OH excluding ortho intramolecular Hbond substituents is 1. The van der Waals surface area contributed by atoms with Crippen LogP contribution in [0.15, 0.2) is 27.4 Å². The van der Waals surface area contributed by atoms with Gasteiger partial charge in [0.1, 0.15) is 70.1 Å². The van der Waals surface area contributed by atoms with Crippen LogP contribution < -0.4 is 14.9 Å². The van der Waals surface area contributed by atoms with Gasteiger partial charge >= 0.3 is 0 Å². The van der Waals surface area contributed by atoms with Gasteiger partial charge in [0, 0.05) is 11.6 Å². The fourth-order valence-corrected chi connectivity index (χ4v) is 5.10. The Morgan fingerprint density at radius 2 is 1.76 bits per heavy atom. The molecule has 1 aromatic heterocycles. The molecule has 2 aromatic carbocycles. The average Bonchev–Trinajstić information content (AvgIpc) is 3.22. The predicted molar refractivity (Wildman–Crippen MR) is 139 cm³/mol. The predicted octanol–water partition coefficient (Wildman–Crippen LogP) is -1.08. The monoisotopic (exact) mass is 580 g/mol. The van der Waals surface area contributed by atoms with Crippen LogP contribution in [0.25, 0.3) is 21.7 Å². The van der Waals surface area contributed by atoms with Crippen molar-refractivity contribution in [2.75, 3.05) is 26.9 Å². The zero-order chi connectivity index (χ0) is 29.8. The number of benzene rings is 2. The van der Waals surface area contributed by atoms with Crippen LogP contribution in [-0.2, 0) is 14.2 Å². The number of phenols is 1. The highest BCUT2D eigenvalue weighted by atomic mass is 16.7. The number of ether oxygens (including phenoxy) is 5. The summed E-state index contributed by atoms with van der Waals surface area (Å²) in [4.78, 5) is 12.7.